The van der Waals surface area contributed by atoms with Crippen LogP contribution in [0.3, 0.4) is 0 Å². The Morgan fingerprint density at radius 3 is 2.79 bits per heavy atom. The topological polar surface area (TPSA) is 41.9 Å². The molecule has 2 aromatic carbocycles. The summed E-state index contributed by atoms with van der Waals surface area (Å²) in [4.78, 5) is 2.06. The van der Waals surface area contributed by atoms with Crippen LogP contribution < -0.4 is 4.74 Å². The summed E-state index contributed by atoms with van der Waals surface area (Å²) in [7, 11) is 0. The molecule has 2 atom stereocenters. The van der Waals surface area contributed by atoms with Gasteiger partial charge in [-0.2, -0.15) is 0 Å². The predicted molar refractivity (Wildman–Crippen MR) is 111 cm³/mol. The van der Waals surface area contributed by atoms with Crippen molar-refractivity contribution < 1.29 is 19.0 Å². The summed E-state index contributed by atoms with van der Waals surface area (Å²) >= 11 is 12.0. The van der Waals surface area contributed by atoms with Crippen molar-refractivity contribution in [1.82, 2.24) is 4.90 Å². The fourth-order valence-corrected chi connectivity index (χ4v) is 3.60. The summed E-state index contributed by atoms with van der Waals surface area (Å²) < 4.78 is 25.3. The number of benzene rings is 2. The fourth-order valence-electron chi connectivity index (χ4n) is 3.10. The van der Waals surface area contributed by atoms with Gasteiger partial charge in [-0.1, -0.05) is 41.4 Å². The highest BCUT2D eigenvalue weighted by Gasteiger charge is 2.26. The standard InChI is InChI=1S/C20H22Cl2FNO3.ClH/c1-13-4-2-3-5-19(13)27-12-14(25)10-24-6-7-26-20(11-24)15-8-18(23)17(22)9-16(15)21;/h2-5,8-9,14,20,25H,6-7,10-12H2,1H3;1H. The molecule has 1 N–H and O–H groups in total. The Morgan fingerprint density at radius 2 is 2.04 bits per heavy atom. The number of aryl methyl sites for hydroxylation is 1. The predicted octanol–water partition coefficient (Wildman–Crippen LogP) is 4.68. The number of aliphatic hydroxyl groups is 1. The minimum absolute atomic E-state index is 0. The van der Waals surface area contributed by atoms with Crippen molar-refractivity contribution in [2.45, 2.75) is 19.1 Å². The molecule has 154 valence electrons. The van der Waals surface area contributed by atoms with Crippen molar-refractivity contribution in [3.05, 3.63) is 63.4 Å². The monoisotopic (exact) mass is 449 g/mol. The van der Waals surface area contributed by atoms with E-state index in [1.54, 1.807) is 0 Å². The third kappa shape index (κ3) is 5.96. The second-order valence-electron chi connectivity index (χ2n) is 6.64. The number of hydrogen-bond acceptors (Lipinski definition) is 4. The lowest BCUT2D eigenvalue weighted by molar-refractivity contribution is -0.0460. The molecule has 1 aliphatic heterocycles. The molecule has 1 aliphatic rings. The van der Waals surface area contributed by atoms with E-state index in [9.17, 15) is 9.50 Å². The first kappa shape index (κ1) is 23.2. The Morgan fingerprint density at radius 1 is 1.29 bits per heavy atom. The minimum Gasteiger partial charge on any atom is -0.491 e. The molecular weight excluding hydrogens is 428 g/mol. The molecule has 0 bridgehead atoms. The number of nitrogens with zero attached hydrogens (tertiary/aromatic N) is 1. The van der Waals surface area contributed by atoms with Crippen molar-refractivity contribution in [2.75, 3.05) is 32.8 Å². The molecule has 2 unspecified atom stereocenters. The average Bonchev–Trinajstić information content (AvgIpc) is 2.64. The highest BCUT2D eigenvalue weighted by molar-refractivity contribution is 6.35. The van der Waals surface area contributed by atoms with Crippen LogP contribution in [-0.4, -0.2) is 49.0 Å². The number of ether oxygens (including phenoxy) is 2. The first-order valence-corrected chi connectivity index (χ1v) is 9.54. The van der Waals surface area contributed by atoms with Crippen molar-refractivity contribution in [3.63, 3.8) is 0 Å². The highest BCUT2D eigenvalue weighted by atomic mass is 35.5. The number of aliphatic hydroxyl groups excluding tert-OH is 1. The van der Waals surface area contributed by atoms with Gasteiger partial charge in [0.1, 0.15) is 24.3 Å². The van der Waals surface area contributed by atoms with E-state index >= 15 is 0 Å². The molecule has 3 rings (SSSR count). The van der Waals surface area contributed by atoms with E-state index < -0.39 is 11.9 Å². The van der Waals surface area contributed by atoms with Gasteiger partial charge in [-0.25, -0.2) is 4.39 Å². The number of halogens is 4. The SMILES string of the molecule is Cc1ccccc1OCC(O)CN1CCOC(c2cc(F)c(Cl)cc2Cl)C1.Cl. The summed E-state index contributed by atoms with van der Waals surface area (Å²) in [6.07, 6.45) is -1.02. The molecule has 28 heavy (non-hydrogen) atoms. The van der Waals surface area contributed by atoms with Gasteiger partial charge in [0.05, 0.1) is 17.7 Å². The van der Waals surface area contributed by atoms with Crippen LogP contribution in [0.15, 0.2) is 36.4 Å². The molecule has 0 aliphatic carbocycles. The van der Waals surface area contributed by atoms with Crippen LogP contribution in [0.25, 0.3) is 0 Å². The van der Waals surface area contributed by atoms with Crippen molar-refractivity contribution in [3.8, 4) is 5.75 Å². The van der Waals surface area contributed by atoms with E-state index in [0.29, 0.717) is 36.8 Å². The van der Waals surface area contributed by atoms with E-state index in [0.717, 1.165) is 11.3 Å². The zero-order valence-electron chi connectivity index (χ0n) is 15.4. The van der Waals surface area contributed by atoms with E-state index in [4.69, 9.17) is 32.7 Å². The summed E-state index contributed by atoms with van der Waals surface area (Å²) in [6.45, 7) is 4.23. The van der Waals surface area contributed by atoms with Crippen LogP contribution in [-0.2, 0) is 4.74 Å². The molecule has 0 spiro atoms. The van der Waals surface area contributed by atoms with Gasteiger partial charge < -0.3 is 14.6 Å². The third-order valence-corrected chi connectivity index (χ3v) is 5.15. The van der Waals surface area contributed by atoms with E-state index in [1.165, 1.54) is 12.1 Å². The second kappa shape index (κ2) is 10.6. The Bertz CT molecular complexity index is 793. The smallest absolute Gasteiger partial charge is 0.142 e. The summed E-state index contributed by atoms with van der Waals surface area (Å²) in [5.41, 5.74) is 1.59. The Hall–Kier alpha value is -1.08. The van der Waals surface area contributed by atoms with Crippen LogP contribution in [0, 0.1) is 12.7 Å². The van der Waals surface area contributed by atoms with Crippen LogP contribution >= 0.6 is 35.6 Å². The largest absolute Gasteiger partial charge is 0.491 e. The number of rotatable bonds is 6. The lowest BCUT2D eigenvalue weighted by atomic mass is 10.1. The van der Waals surface area contributed by atoms with Crippen LogP contribution in [0.4, 0.5) is 4.39 Å². The molecule has 1 fully saturated rings. The number of para-hydroxylation sites is 1. The summed E-state index contributed by atoms with van der Waals surface area (Å²) in [6, 6.07) is 10.4. The Kier molecular flexibility index (Phi) is 8.81. The average molecular weight is 451 g/mol. The quantitative estimate of drug-likeness (QED) is 0.649. The van der Waals surface area contributed by atoms with Crippen molar-refractivity contribution in [2.24, 2.45) is 0 Å². The lowest BCUT2D eigenvalue weighted by Gasteiger charge is -2.34. The molecule has 1 saturated heterocycles. The maximum atomic E-state index is 13.8. The summed E-state index contributed by atoms with van der Waals surface area (Å²) in [5.74, 6) is 0.239. The maximum Gasteiger partial charge on any atom is 0.142 e. The fraction of sp³-hybridized carbons (Fsp3) is 0.400. The zero-order valence-corrected chi connectivity index (χ0v) is 17.7. The Balaban J connectivity index is 0.00000280. The van der Waals surface area contributed by atoms with Crippen molar-refractivity contribution in [1.29, 1.82) is 0 Å². The van der Waals surface area contributed by atoms with Crippen molar-refractivity contribution >= 4 is 35.6 Å². The third-order valence-electron chi connectivity index (χ3n) is 4.53. The number of morpholine rings is 1. The normalized spacial score (nSPS) is 18.4. The molecule has 0 amide bonds. The molecule has 4 nitrogen and oxygen atoms in total. The highest BCUT2D eigenvalue weighted by Crippen LogP contribution is 2.32. The van der Waals surface area contributed by atoms with Gasteiger partial charge in [0.2, 0.25) is 0 Å². The van der Waals surface area contributed by atoms with Gasteiger partial charge in [0.25, 0.3) is 0 Å². The van der Waals surface area contributed by atoms with Gasteiger partial charge in [0, 0.05) is 30.2 Å². The first-order chi connectivity index (χ1) is 12.9. The minimum atomic E-state index is -0.652. The van der Waals surface area contributed by atoms with Crippen LogP contribution in [0.5, 0.6) is 5.75 Å². The lowest BCUT2D eigenvalue weighted by Crippen LogP contribution is -2.43. The second-order valence-corrected chi connectivity index (χ2v) is 7.45. The van der Waals surface area contributed by atoms with Gasteiger partial charge in [-0.05, 0) is 30.7 Å². The van der Waals surface area contributed by atoms with Crippen LogP contribution in [0.2, 0.25) is 10.0 Å². The molecule has 8 heteroatoms. The van der Waals surface area contributed by atoms with Gasteiger partial charge in [-0.15, -0.1) is 12.4 Å². The maximum absolute atomic E-state index is 13.8. The number of hydrogen-bond donors (Lipinski definition) is 1. The van der Waals surface area contributed by atoms with E-state index in [-0.39, 0.29) is 30.1 Å². The van der Waals surface area contributed by atoms with E-state index in [1.807, 2.05) is 31.2 Å². The molecular formula is C20H23Cl3FNO3. The molecule has 2 aromatic rings. The summed E-state index contributed by atoms with van der Waals surface area (Å²) in [5, 5.41) is 10.7. The molecule has 0 aromatic heterocycles. The first-order valence-electron chi connectivity index (χ1n) is 8.79. The number of β-amino-alcohol motifs (C(OH)–C–C–N with tert-alkyl or cyclic N) is 1. The zero-order chi connectivity index (χ0) is 19.4. The van der Waals surface area contributed by atoms with E-state index in [2.05, 4.69) is 4.90 Å². The molecule has 0 radical (unpaired) electrons. The van der Waals surface area contributed by atoms with Gasteiger partial charge >= 0.3 is 0 Å². The van der Waals surface area contributed by atoms with Crippen LogP contribution in [0.1, 0.15) is 17.2 Å². The molecule has 1 heterocycles. The van der Waals surface area contributed by atoms with Gasteiger partial charge in [0.15, 0.2) is 0 Å². The van der Waals surface area contributed by atoms with Gasteiger partial charge in [-0.3, -0.25) is 4.90 Å². The molecule has 0 saturated carbocycles. The Labute approximate surface area is 180 Å².